The van der Waals surface area contributed by atoms with E-state index in [2.05, 4.69) is 9.97 Å². The van der Waals surface area contributed by atoms with Crippen LogP contribution in [-0.4, -0.2) is 17.1 Å². The minimum Gasteiger partial charge on any atom is -0.496 e. The molecule has 0 spiro atoms. The fourth-order valence-electron chi connectivity index (χ4n) is 1.73. The summed E-state index contributed by atoms with van der Waals surface area (Å²) in [6.45, 7) is 0. The van der Waals surface area contributed by atoms with Gasteiger partial charge in [-0.2, -0.15) is 0 Å². The van der Waals surface area contributed by atoms with Crippen molar-refractivity contribution in [3.05, 3.63) is 35.7 Å². The molecule has 0 unspecified atom stereocenters. The molecule has 3 rings (SSSR count). The average Bonchev–Trinajstić information content (AvgIpc) is 2.87. The summed E-state index contributed by atoms with van der Waals surface area (Å²) in [6.07, 6.45) is 0. The van der Waals surface area contributed by atoms with Crippen molar-refractivity contribution in [2.24, 2.45) is 0 Å². The lowest BCUT2D eigenvalue weighted by atomic mass is 10.3. The van der Waals surface area contributed by atoms with Crippen LogP contribution in [0.4, 0.5) is 5.95 Å². The molecule has 0 bridgehead atoms. The van der Waals surface area contributed by atoms with E-state index in [1.165, 1.54) is 11.8 Å². The van der Waals surface area contributed by atoms with Crippen molar-refractivity contribution in [3.63, 3.8) is 0 Å². The summed E-state index contributed by atoms with van der Waals surface area (Å²) in [6, 6.07) is 9.85. The number of fused-ring (bicyclic) bond motifs is 1. The number of thiophene rings is 1. The summed E-state index contributed by atoms with van der Waals surface area (Å²) in [7, 11) is 1.66. The molecule has 0 aliphatic carbocycles. The van der Waals surface area contributed by atoms with Gasteiger partial charge in [0.15, 0.2) is 0 Å². The summed E-state index contributed by atoms with van der Waals surface area (Å²) < 4.78 is 5.35. The standard InChI is InChI=1S/C13H11N3OS2/c1-17-9-4-2-3-5-10(9)19-12-8-6-7-18-11(8)15-13(14)16-12/h2-7H,1H3,(H2,14,15,16). The van der Waals surface area contributed by atoms with Gasteiger partial charge in [-0.25, -0.2) is 9.97 Å². The number of ether oxygens (including phenoxy) is 1. The first-order valence-corrected chi connectivity index (χ1v) is 7.29. The smallest absolute Gasteiger partial charge is 0.222 e. The zero-order valence-electron chi connectivity index (χ0n) is 10.2. The number of nitrogens with two attached hydrogens (primary N) is 1. The molecule has 0 aliphatic rings. The first-order chi connectivity index (χ1) is 9.28. The summed E-state index contributed by atoms with van der Waals surface area (Å²) in [4.78, 5) is 10.5. The van der Waals surface area contributed by atoms with Crippen molar-refractivity contribution in [2.45, 2.75) is 9.92 Å². The first-order valence-electron chi connectivity index (χ1n) is 5.59. The Hall–Kier alpha value is -1.79. The first kappa shape index (κ1) is 12.3. The minimum atomic E-state index is 0.298. The molecular weight excluding hydrogens is 278 g/mol. The largest absolute Gasteiger partial charge is 0.496 e. The van der Waals surface area contributed by atoms with Crippen LogP contribution in [0.1, 0.15) is 0 Å². The predicted molar refractivity (Wildman–Crippen MR) is 78.9 cm³/mol. The second-order valence-corrected chi connectivity index (χ2v) is 5.70. The second kappa shape index (κ2) is 5.07. The highest BCUT2D eigenvalue weighted by molar-refractivity contribution is 7.99. The van der Waals surface area contributed by atoms with Crippen molar-refractivity contribution in [2.75, 3.05) is 12.8 Å². The number of hydrogen-bond acceptors (Lipinski definition) is 6. The van der Waals surface area contributed by atoms with E-state index in [1.807, 2.05) is 35.7 Å². The van der Waals surface area contributed by atoms with E-state index in [0.717, 1.165) is 25.9 Å². The van der Waals surface area contributed by atoms with Crippen molar-refractivity contribution >= 4 is 39.3 Å². The Morgan fingerprint density at radius 3 is 2.89 bits per heavy atom. The molecule has 0 fully saturated rings. The maximum absolute atomic E-state index is 5.75. The molecule has 0 saturated carbocycles. The van der Waals surface area contributed by atoms with E-state index in [0.29, 0.717) is 5.95 Å². The summed E-state index contributed by atoms with van der Waals surface area (Å²) in [5.74, 6) is 1.13. The summed E-state index contributed by atoms with van der Waals surface area (Å²) in [5, 5.41) is 3.87. The van der Waals surface area contributed by atoms with Gasteiger partial charge >= 0.3 is 0 Å². The third-order valence-corrected chi connectivity index (χ3v) is 4.45. The number of nitrogen functional groups attached to an aromatic ring is 1. The van der Waals surface area contributed by atoms with Gasteiger partial charge in [0.05, 0.1) is 12.0 Å². The number of anilines is 1. The molecule has 2 heterocycles. The van der Waals surface area contributed by atoms with Crippen molar-refractivity contribution < 1.29 is 4.74 Å². The van der Waals surface area contributed by atoms with Crippen LogP contribution in [-0.2, 0) is 0 Å². The third kappa shape index (κ3) is 2.36. The van der Waals surface area contributed by atoms with Crippen LogP contribution in [0, 0.1) is 0 Å². The molecule has 3 aromatic rings. The topological polar surface area (TPSA) is 61.0 Å². The van der Waals surface area contributed by atoms with Gasteiger partial charge in [0, 0.05) is 5.39 Å². The number of methoxy groups -OCH3 is 1. The normalized spacial score (nSPS) is 10.8. The fraction of sp³-hybridized carbons (Fsp3) is 0.0769. The van der Waals surface area contributed by atoms with E-state index in [1.54, 1.807) is 18.4 Å². The number of nitrogens with zero attached hydrogens (tertiary/aromatic N) is 2. The third-order valence-electron chi connectivity index (χ3n) is 2.58. The molecule has 4 nitrogen and oxygen atoms in total. The van der Waals surface area contributed by atoms with Crippen LogP contribution >= 0.6 is 23.1 Å². The molecule has 0 aliphatic heterocycles. The van der Waals surface area contributed by atoms with Crippen LogP contribution in [0.2, 0.25) is 0 Å². The lowest BCUT2D eigenvalue weighted by molar-refractivity contribution is 0.405. The molecule has 6 heteroatoms. The second-order valence-electron chi connectivity index (χ2n) is 3.78. The predicted octanol–water partition coefficient (Wildman–Crippen LogP) is 3.43. The number of para-hydroxylation sites is 1. The Bertz CT molecular complexity index is 727. The lowest BCUT2D eigenvalue weighted by Gasteiger charge is -2.08. The Labute approximate surface area is 118 Å². The molecule has 19 heavy (non-hydrogen) atoms. The highest BCUT2D eigenvalue weighted by atomic mass is 32.2. The molecule has 1 aromatic carbocycles. The molecule has 0 amide bonds. The molecule has 0 atom stereocenters. The van der Waals surface area contributed by atoms with E-state index >= 15 is 0 Å². The maximum atomic E-state index is 5.75. The van der Waals surface area contributed by atoms with Crippen molar-refractivity contribution in [3.8, 4) is 5.75 Å². The zero-order valence-corrected chi connectivity index (χ0v) is 11.8. The Morgan fingerprint density at radius 2 is 2.05 bits per heavy atom. The SMILES string of the molecule is COc1ccccc1Sc1nc(N)nc2sccc12. The number of hydrogen-bond donors (Lipinski definition) is 1. The van der Waals surface area contributed by atoms with E-state index in [-0.39, 0.29) is 0 Å². The van der Waals surface area contributed by atoms with Crippen molar-refractivity contribution in [1.82, 2.24) is 9.97 Å². The minimum absolute atomic E-state index is 0.298. The Balaban J connectivity index is 2.07. The fourth-order valence-corrected chi connectivity index (χ4v) is 3.59. The van der Waals surface area contributed by atoms with Gasteiger partial charge in [-0.1, -0.05) is 23.9 Å². The van der Waals surface area contributed by atoms with Crippen molar-refractivity contribution in [1.29, 1.82) is 0 Å². The highest BCUT2D eigenvalue weighted by Crippen LogP contribution is 2.38. The van der Waals surface area contributed by atoms with E-state index in [9.17, 15) is 0 Å². The van der Waals surface area contributed by atoms with Gasteiger partial charge in [-0.3, -0.25) is 0 Å². The molecule has 0 saturated heterocycles. The Morgan fingerprint density at radius 1 is 1.21 bits per heavy atom. The molecular formula is C13H11N3OS2. The van der Waals surface area contributed by atoms with Gasteiger partial charge < -0.3 is 10.5 Å². The zero-order chi connectivity index (χ0) is 13.2. The average molecular weight is 289 g/mol. The number of rotatable bonds is 3. The van der Waals surface area contributed by atoms with E-state index < -0.39 is 0 Å². The maximum Gasteiger partial charge on any atom is 0.222 e. The number of aromatic nitrogens is 2. The van der Waals surface area contributed by atoms with E-state index in [4.69, 9.17) is 10.5 Å². The van der Waals surface area contributed by atoms with Gasteiger partial charge in [0.25, 0.3) is 0 Å². The summed E-state index contributed by atoms with van der Waals surface area (Å²) >= 11 is 3.10. The number of benzene rings is 1. The summed E-state index contributed by atoms with van der Waals surface area (Å²) in [5.41, 5.74) is 5.75. The Kier molecular flexibility index (Phi) is 3.27. The van der Waals surface area contributed by atoms with Gasteiger partial charge in [0.1, 0.15) is 15.6 Å². The molecule has 2 N–H and O–H groups in total. The lowest BCUT2D eigenvalue weighted by Crippen LogP contribution is -1.95. The monoisotopic (exact) mass is 289 g/mol. The molecule has 0 radical (unpaired) electrons. The van der Waals surface area contributed by atoms with Gasteiger partial charge in [-0.15, -0.1) is 11.3 Å². The van der Waals surface area contributed by atoms with Crippen LogP contribution in [0.25, 0.3) is 10.2 Å². The van der Waals surface area contributed by atoms with Crippen LogP contribution in [0.3, 0.4) is 0 Å². The van der Waals surface area contributed by atoms with Gasteiger partial charge in [0.2, 0.25) is 5.95 Å². The molecule has 96 valence electrons. The van der Waals surface area contributed by atoms with Gasteiger partial charge in [-0.05, 0) is 23.6 Å². The quantitative estimate of drug-likeness (QED) is 0.748. The molecule has 2 aromatic heterocycles. The van der Waals surface area contributed by atoms with Crippen LogP contribution < -0.4 is 10.5 Å². The highest BCUT2D eigenvalue weighted by Gasteiger charge is 2.11. The van der Waals surface area contributed by atoms with Crippen LogP contribution in [0.15, 0.2) is 45.6 Å². The van der Waals surface area contributed by atoms with Crippen LogP contribution in [0.5, 0.6) is 5.75 Å².